The van der Waals surface area contributed by atoms with E-state index >= 15 is 0 Å². The fourth-order valence-electron chi connectivity index (χ4n) is 3.67. The van der Waals surface area contributed by atoms with Crippen LogP contribution in [-0.2, 0) is 16.0 Å². The molecule has 4 aromatic rings. The van der Waals surface area contributed by atoms with Gasteiger partial charge in [-0.15, -0.1) is 0 Å². The van der Waals surface area contributed by atoms with Crippen LogP contribution >= 0.6 is 0 Å². The van der Waals surface area contributed by atoms with Crippen molar-refractivity contribution in [2.24, 2.45) is 0 Å². The van der Waals surface area contributed by atoms with E-state index in [1.54, 1.807) is 48.8 Å². The number of benzene rings is 2. The first-order valence-corrected chi connectivity index (χ1v) is 11.0. The van der Waals surface area contributed by atoms with Crippen LogP contribution in [-0.4, -0.2) is 38.7 Å². The first-order valence-electron chi connectivity index (χ1n) is 11.0. The van der Waals surface area contributed by atoms with Crippen molar-refractivity contribution in [1.82, 2.24) is 19.7 Å². The standard InChI is InChI=1S/C26H25N5O4/c1-17-23(11-12-25(32)34-3)18(2)31(30-17)21-9-7-19(8-10-21)26(33)29-20-5-4-6-22(15-20)35-24-16-27-13-14-28-24/h4-10,13-16H,11-12H2,1-3H3,(H,29,33). The van der Waals surface area contributed by atoms with Gasteiger partial charge in [0.25, 0.3) is 5.91 Å². The third-order valence-electron chi connectivity index (χ3n) is 5.48. The molecule has 178 valence electrons. The number of ether oxygens (including phenoxy) is 2. The zero-order valence-electron chi connectivity index (χ0n) is 19.7. The maximum absolute atomic E-state index is 12.8. The molecule has 0 aliphatic rings. The average molecular weight is 472 g/mol. The Balaban J connectivity index is 1.44. The van der Waals surface area contributed by atoms with Crippen molar-refractivity contribution in [2.45, 2.75) is 26.7 Å². The lowest BCUT2D eigenvalue weighted by atomic mass is 10.1. The number of nitrogens with one attached hydrogen (secondary N) is 1. The lowest BCUT2D eigenvalue weighted by Gasteiger charge is -2.09. The van der Waals surface area contributed by atoms with Gasteiger partial charge in [0.05, 0.1) is 24.7 Å². The molecule has 0 bridgehead atoms. The number of carbonyl (C=O) groups excluding carboxylic acids is 2. The fourth-order valence-corrected chi connectivity index (χ4v) is 3.67. The molecule has 2 aromatic heterocycles. The second-order valence-corrected chi connectivity index (χ2v) is 7.81. The molecule has 9 nitrogen and oxygen atoms in total. The Labute approximate surface area is 202 Å². The van der Waals surface area contributed by atoms with Gasteiger partial charge in [0.1, 0.15) is 5.75 Å². The highest BCUT2D eigenvalue weighted by Gasteiger charge is 2.15. The van der Waals surface area contributed by atoms with Gasteiger partial charge in [-0.05, 0) is 62.2 Å². The van der Waals surface area contributed by atoms with Crippen LogP contribution in [0, 0.1) is 13.8 Å². The van der Waals surface area contributed by atoms with E-state index in [4.69, 9.17) is 9.47 Å². The van der Waals surface area contributed by atoms with Crippen molar-refractivity contribution in [1.29, 1.82) is 0 Å². The highest BCUT2D eigenvalue weighted by atomic mass is 16.5. The molecular weight excluding hydrogens is 446 g/mol. The molecule has 4 rings (SSSR count). The summed E-state index contributed by atoms with van der Waals surface area (Å²) in [5.41, 5.74) is 4.74. The third kappa shape index (κ3) is 5.70. The summed E-state index contributed by atoms with van der Waals surface area (Å²) in [5, 5.41) is 7.49. The van der Waals surface area contributed by atoms with E-state index < -0.39 is 0 Å². The van der Waals surface area contributed by atoms with Crippen molar-refractivity contribution in [3.8, 4) is 17.3 Å². The molecule has 9 heteroatoms. The number of nitrogens with zero attached hydrogens (tertiary/aromatic N) is 4. The predicted molar refractivity (Wildman–Crippen MR) is 130 cm³/mol. The number of rotatable bonds is 8. The van der Waals surface area contributed by atoms with Crippen LogP contribution in [0.15, 0.2) is 67.1 Å². The molecule has 0 fully saturated rings. The van der Waals surface area contributed by atoms with E-state index in [9.17, 15) is 9.59 Å². The molecular formula is C26H25N5O4. The Kier molecular flexibility index (Phi) is 7.15. The number of hydrogen-bond donors (Lipinski definition) is 1. The molecule has 0 radical (unpaired) electrons. The normalized spacial score (nSPS) is 10.6. The van der Waals surface area contributed by atoms with Crippen molar-refractivity contribution in [3.05, 3.63) is 89.6 Å². The van der Waals surface area contributed by atoms with Gasteiger partial charge in [-0.1, -0.05) is 6.07 Å². The van der Waals surface area contributed by atoms with Crippen molar-refractivity contribution in [2.75, 3.05) is 12.4 Å². The van der Waals surface area contributed by atoms with Crippen molar-refractivity contribution < 1.29 is 19.1 Å². The van der Waals surface area contributed by atoms with Crippen LogP contribution in [0.4, 0.5) is 5.69 Å². The molecule has 2 heterocycles. The number of carbonyl (C=O) groups is 2. The number of aromatic nitrogens is 4. The highest BCUT2D eigenvalue weighted by Crippen LogP contribution is 2.23. The molecule has 1 amide bonds. The van der Waals surface area contributed by atoms with E-state index in [-0.39, 0.29) is 11.9 Å². The third-order valence-corrected chi connectivity index (χ3v) is 5.48. The van der Waals surface area contributed by atoms with Crippen LogP contribution in [0.3, 0.4) is 0 Å². The molecule has 2 aromatic carbocycles. The van der Waals surface area contributed by atoms with Gasteiger partial charge in [-0.25, -0.2) is 9.67 Å². The number of amides is 1. The molecule has 0 aliphatic carbocycles. The molecule has 0 saturated heterocycles. The Morgan fingerprint density at radius 3 is 2.57 bits per heavy atom. The lowest BCUT2D eigenvalue weighted by molar-refractivity contribution is -0.140. The lowest BCUT2D eigenvalue weighted by Crippen LogP contribution is -2.12. The second-order valence-electron chi connectivity index (χ2n) is 7.81. The minimum absolute atomic E-state index is 0.250. The van der Waals surface area contributed by atoms with Gasteiger partial charge < -0.3 is 14.8 Å². The Morgan fingerprint density at radius 2 is 1.86 bits per heavy atom. The Hall–Kier alpha value is -4.53. The van der Waals surface area contributed by atoms with Crippen LogP contribution in [0.5, 0.6) is 11.6 Å². The Morgan fingerprint density at radius 1 is 1.06 bits per heavy atom. The zero-order valence-corrected chi connectivity index (χ0v) is 19.7. The van der Waals surface area contributed by atoms with Crippen molar-refractivity contribution >= 4 is 17.6 Å². The van der Waals surface area contributed by atoms with Crippen molar-refractivity contribution in [3.63, 3.8) is 0 Å². The number of aryl methyl sites for hydroxylation is 1. The van der Waals surface area contributed by atoms with Gasteiger partial charge in [-0.2, -0.15) is 5.10 Å². The monoisotopic (exact) mass is 471 g/mol. The zero-order chi connectivity index (χ0) is 24.8. The maximum atomic E-state index is 12.8. The molecule has 0 unspecified atom stereocenters. The van der Waals surface area contributed by atoms with Gasteiger partial charge in [0.15, 0.2) is 0 Å². The largest absolute Gasteiger partial charge is 0.469 e. The summed E-state index contributed by atoms with van der Waals surface area (Å²) in [7, 11) is 1.38. The van der Waals surface area contributed by atoms with E-state index in [1.807, 2.05) is 30.7 Å². The second kappa shape index (κ2) is 10.6. The first kappa shape index (κ1) is 23.6. The predicted octanol–water partition coefficient (Wildman–Crippen LogP) is 4.43. The number of anilines is 1. The van der Waals surface area contributed by atoms with Gasteiger partial charge in [0, 0.05) is 41.8 Å². The quantitative estimate of drug-likeness (QED) is 0.379. The van der Waals surface area contributed by atoms with Gasteiger partial charge >= 0.3 is 5.97 Å². The number of methoxy groups -OCH3 is 1. The molecule has 0 atom stereocenters. The van der Waals surface area contributed by atoms with Crippen LogP contribution in [0.25, 0.3) is 5.69 Å². The average Bonchev–Trinajstić information content (AvgIpc) is 3.16. The minimum Gasteiger partial charge on any atom is -0.469 e. The molecule has 0 saturated carbocycles. The first-order chi connectivity index (χ1) is 16.9. The van der Waals surface area contributed by atoms with Crippen LogP contribution in [0.2, 0.25) is 0 Å². The van der Waals surface area contributed by atoms with Crippen LogP contribution in [0.1, 0.15) is 33.7 Å². The summed E-state index contributed by atoms with van der Waals surface area (Å²) in [6, 6.07) is 14.2. The maximum Gasteiger partial charge on any atom is 0.305 e. The fraction of sp³-hybridized carbons (Fsp3) is 0.192. The minimum atomic E-state index is -0.252. The van der Waals surface area contributed by atoms with Crippen LogP contribution < -0.4 is 10.1 Å². The van der Waals surface area contributed by atoms with E-state index in [1.165, 1.54) is 13.3 Å². The number of esters is 1. The summed E-state index contributed by atoms with van der Waals surface area (Å²) in [4.78, 5) is 32.4. The molecule has 0 aliphatic heterocycles. The molecule has 0 spiro atoms. The Bertz CT molecular complexity index is 1330. The summed E-state index contributed by atoms with van der Waals surface area (Å²) >= 11 is 0. The van der Waals surface area contributed by atoms with Gasteiger partial charge in [-0.3, -0.25) is 14.6 Å². The smallest absolute Gasteiger partial charge is 0.305 e. The summed E-state index contributed by atoms with van der Waals surface area (Å²) < 4.78 is 12.2. The molecule has 1 N–H and O–H groups in total. The summed E-state index contributed by atoms with van der Waals surface area (Å²) in [5.74, 6) is 0.397. The molecule has 35 heavy (non-hydrogen) atoms. The summed E-state index contributed by atoms with van der Waals surface area (Å²) in [6.07, 6.45) is 5.48. The topological polar surface area (TPSA) is 108 Å². The van der Waals surface area contributed by atoms with Gasteiger partial charge in [0.2, 0.25) is 5.88 Å². The van der Waals surface area contributed by atoms with E-state index in [0.717, 1.165) is 22.6 Å². The van der Waals surface area contributed by atoms with E-state index in [0.29, 0.717) is 35.7 Å². The highest BCUT2D eigenvalue weighted by molar-refractivity contribution is 6.04. The summed E-state index contributed by atoms with van der Waals surface area (Å²) in [6.45, 7) is 3.88. The number of hydrogen-bond acceptors (Lipinski definition) is 7. The SMILES string of the molecule is COC(=O)CCc1c(C)nn(-c2ccc(C(=O)Nc3cccc(Oc4cnccn4)c3)cc2)c1C. The van der Waals surface area contributed by atoms with E-state index in [2.05, 4.69) is 20.4 Å².